The van der Waals surface area contributed by atoms with E-state index in [-0.39, 0.29) is 11.2 Å². The maximum Gasteiger partial charge on any atom is 0.175 e. The van der Waals surface area contributed by atoms with Gasteiger partial charge in [-0.05, 0) is 23.1 Å². The lowest BCUT2D eigenvalue weighted by Crippen LogP contribution is -2.13. The first-order valence-electron chi connectivity index (χ1n) is 6.49. The first kappa shape index (κ1) is 16.9. The van der Waals surface area contributed by atoms with E-state index < -0.39 is 0 Å². The molecule has 2 rings (SSSR count). The summed E-state index contributed by atoms with van der Waals surface area (Å²) in [5.74, 6) is 0.372. The fourth-order valence-electron chi connectivity index (χ4n) is 1.96. The Morgan fingerprint density at radius 2 is 1.90 bits per heavy atom. The summed E-state index contributed by atoms with van der Waals surface area (Å²) in [4.78, 5) is 13.4. The van der Waals surface area contributed by atoms with E-state index in [9.17, 15) is 4.79 Å². The Labute approximate surface area is 143 Å². The molecule has 0 aliphatic heterocycles. The summed E-state index contributed by atoms with van der Waals surface area (Å²) in [5, 5.41) is 0. The van der Waals surface area contributed by atoms with Crippen LogP contribution < -0.4 is 0 Å². The third-order valence-corrected chi connectivity index (χ3v) is 5.57. The largest absolute Gasteiger partial charge is 0.293 e. The molecule has 0 atom stereocenters. The molecular weight excluding hydrogens is 343 g/mol. The molecule has 1 heterocycles. The molecule has 0 aliphatic carbocycles. The average Bonchev–Trinajstić information content (AvgIpc) is 2.74. The quantitative estimate of drug-likeness (QED) is 0.469. The number of halogens is 2. The number of carbonyl (C=O) groups is 1. The van der Waals surface area contributed by atoms with Crippen molar-refractivity contribution in [3.63, 3.8) is 0 Å². The van der Waals surface area contributed by atoms with Gasteiger partial charge in [-0.25, -0.2) is 0 Å². The van der Waals surface area contributed by atoms with Gasteiger partial charge in [0.25, 0.3) is 0 Å². The van der Waals surface area contributed by atoms with Crippen LogP contribution in [0.25, 0.3) is 0 Å². The van der Waals surface area contributed by atoms with Crippen molar-refractivity contribution >= 4 is 52.1 Å². The van der Waals surface area contributed by atoms with E-state index >= 15 is 0 Å². The van der Waals surface area contributed by atoms with Crippen molar-refractivity contribution in [2.24, 2.45) is 0 Å². The van der Waals surface area contributed by atoms with Gasteiger partial charge in [-0.2, -0.15) is 0 Å². The van der Waals surface area contributed by atoms with Crippen LogP contribution in [-0.2, 0) is 5.41 Å². The molecule has 0 spiro atoms. The highest BCUT2D eigenvalue weighted by atomic mass is 35.5. The Balaban J connectivity index is 2.14. The number of ketones is 1. The van der Waals surface area contributed by atoms with Crippen LogP contribution in [0.15, 0.2) is 35.2 Å². The normalized spacial score (nSPS) is 11.7. The number of benzene rings is 1. The zero-order chi connectivity index (χ0) is 15.6. The summed E-state index contributed by atoms with van der Waals surface area (Å²) in [6.45, 7) is 6.51. The summed E-state index contributed by atoms with van der Waals surface area (Å²) in [6.07, 6.45) is 0. The molecule has 0 aliphatic rings. The maximum atomic E-state index is 12.3. The van der Waals surface area contributed by atoms with Crippen molar-refractivity contribution in [2.75, 3.05) is 5.75 Å². The second kappa shape index (κ2) is 6.74. The number of thiophene rings is 1. The van der Waals surface area contributed by atoms with E-state index in [1.54, 1.807) is 17.8 Å². The van der Waals surface area contributed by atoms with Crippen molar-refractivity contribution in [2.45, 2.75) is 31.1 Å². The molecule has 0 saturated carbocycles. The highest BCUT2D eigenvalue weighted by Gasteiger charge is 2.19. The Kier molecular flexibility index (Phi) is 5.42. The van der Waals surface area contributed by atoms with Gasteiger partial charge in [0.05, 0.1) is 10.1 Å². The van der Waals surface area contributed by atoms with Gasteiger partial charge in [0.15, 0.2) is 5.78 Å². The van der Waals surface area contributed by atoms with Crippen LogP contribution >= 0.6 is 46.3 Å². The third-order valence-electron chi connectivity index (χ3n) is 3.01. The molecule has 0 fully saturated rings. The topological polar surface area (TPSA) is 17.1 Å². The molecular formula is C16H16Cl2OS2. The van der Waals surface area contributed by atoms with Crippen LogP contribution in [0, 0.1) is 0 Å². The summed E-state index contributed by atoms with van der Waals surface area (Å²) >= 11 is 14.7. The number of hydrogen-bond donors (Lipinski definition) is 0. The number of rotatable bonds is 4. The smallest absolute Gasteiger partial charge is 0.175 e. The predicted molar refractivity (Wildman–Crippen MR) is 94.5 cm³/mol. The van der Waals surface area contributed by atoms with E-state index in [1.807, 2.05) is 12.1 Å². The van der Waals surface area contributed by atoms with Gasteiger partial charge in [-0.3, -0.25) is 4.79 Å². The molecule has 2 aromatic rings. The van der Waals surface area contributed by atoms with Crippen molar-refractivity contribution < 1.29 is 4.79 Å². The summed E-state index contributed by atoms with van der Waals surface area (Å²) in [6, 6.07) is 9.84. The third kappa shape index (κ3) is 4.26. The maximum absolute atomic E-state index is 12.3. The van der Waals surface area contributed by atoms with Crippen molar-refractivity contribution in [3.8, 4) is 0 Å². The molecule has 0 unspecified atom stereocenters. The van der Waals surface area contributed by atoms with Gasteiger partial charge < -0.3 is 0 Å². The van der Waals surface area contributed by atoms with Gasteiger partial charge in [0.2, 0.25) is 0 Å². The van der Waals surface area contributed by atoms with Crippen molar-refractivity contribution in [3.05, 3.63) is 50.1 Å². The minimum absolute atomic E-state index is 0.0110. The minimum Gasteiger partial charge on any atom is -0.293 e. The van der Waals surface area contributed by atoms with Crippen LogP contribution in [-0.4, -0.2) is 11.5 Å². The number of carbonyl (C=O) groups excluding carboxylic acids is 1. The lowest BCUT2D eigenvalue weighted by Gasteiger charge is -2.22. The summed E-state index contributed by atoms with van der Waals surface area (Å²) in [5.41, 5.74) is 1.82. The first-order chi connectivity index (χ1) is 9.79. The minimum atomic E-state index is 0.0110. The molecule has 0 N–H and O–H groups in total. The Hall–Kier alpha value is -0.480. The highest BCUT2D eigenvalue weighted by Crippen LogP contribution is 2.35. The Morgan fingerprint density at radius 3 is 2.48 bits per heavy atom. The average molecular weight is 359 g/mol. The van der Waals surface area contributed by atoms with Crippen LogP contribution in [0.5, 0.6) is 0 Å². The second-order valence-corrected chi connectivity index (χ2v) is 9.00. The Bertz CT molecular complexity index is 657. The molecule has 0 amide bonds. The van der Waals surface area contributed by atoms with E-state index in [0.29, 0.717) is 20.0 Å². The molecule has 1 aromatic heterocycles. The lowest BCUT2D eigenvalue weighted by atomic mass is 9.87. The van der Waals surface area contributed by atoms with Crippen molar-refractivity contribution in [1.82, 2.24) is 0 Å². The highest BCUT2D eigenvalue weighted by molar-refractivity contribution is 8.00. The van der Waals surface area contributed by atoms with Crippen LogP contribution in [0.4, 0.5) is 0 Å². The van der Waals surface area contributed by atoms with Gasteiger partial charge in [-0.1, -0.05) is 62.2 Å². The zero-order valence-electron chi connectivity index (χ0n) is 12.1. The monoisotopic (exact) mass is 358 g/mol. The molecule has 21 heavy (non-hydrogen) atoms. The predicted octanol–water partition coefficient (Wildman–Crippen LogP) is 6.33. The van der Waals surface area contributed by atoms with Crippen LogP contribution in [0.3, 0.4) is 0 Å². The number of Topliss-reactive ketones (excluding diaryl/α,β-unsaturated/α-hetero) is 1. The van der Waals surface area contributed by atoms with E-state index in [2.05, 4.69) is 32.9 Å². The molecule has 5 heteroatoms. The van der Waals surface area contributed by atoms with Crippen LogP contribution in [0.1, 0.15) is 36.7 Å². The summed E-state index contributed by atoms with van der Waals surface area (Å²) < 4.78 is 1.01. The molecule has 0 radical (unpaired) electrons. The fraction of sp³-hybridized carbons (Fsp3) is 0.312. The summed E-state index contributed by atoms with van der Waals surface area (Å²) in [7, 11) is 0. The van der Waals surface area contributed by atoms with Crippen LogP contribution in [0.2, 0.25) is 8.67 Å². The lowest BCUT2D eigenvalue weighted by molar-refractivity contribution is 0.102. The van der Waals surface area contributed by atoms with Crippen molar-refractivity contribution in [1.29, 1.82) is 0 Å². The second-order valence-electron chi connectivity index (χ2n) is 5.70. The van der Waals surface area contributed by atoms with E-state index in [0.717, 1.165) is 4.90 Å². The zero-order valence-corrected chi connectivity index (χ0v) is 15.2. The number of thioether (sulfide) groups is 1. The van der Waals surface area contributed by atoms with E-state index in [4.69, 9.17) is 23.2 Å². The molecule has 0 bridgehead atoms. The van der Waals surface area contributed by atoms with Gasteiger partial charge in [0, 0.05) is 10.5 Å². The molecule has 112 valence electrons. The SMILES string of the molecule is CC(C)(C)c1ccccc1SCC(=O)c1cc(Cl)sc1Cl. The van der Waals surface area contributed by atoms with Gasteiger partial charge >= 0.3 is 0 Å². The van der Waals surface area contributed by atoms with Gasteiger partial charge in [0.1, 0.15) is 4.34 Å². The fourth-order valence-corrected chi connectivity index (χ4v) is 4.61. The molecule has 1 aromatic carbocycles. The molecule has 1 nitrogen and oxygen atoms in total. The molecule has 0 saturated heterocycles. The number of hydrogen-bond acceptors (Lipinski definition) is 3. The first-order valence-corrected chi connectivity index (χ1v) is 9.05. The Morgan fingerprint density at radius 1 is 1.24 bits per heavy atom. The van der Waals surface area contributed by atoms with Gasteiger partial charge in [-0.15, -0.1) is 23.1 Å². The van der Waals surface area contributed by atoms with E-state index in [1.165, 1.54) is 16.9 Å². The standard InChI is InChI=1S/C16H16Cl2OS2/c1-16(2,3)11-6-4-5-7-13(11)20-9-12(19)10-8-14(17)21-15(10)18/h4-8H,9H2,1-3H3.